The number of aliphatic imine (C=N–C) groups is 1. The molecule has 0 radical (unpaired) electrons. The predicted octanol–water partition coefficient (Wildman–Crippen LogP) is 2.79. The molecule has 0 aromatic heterocycles. The van der Waals surface area contributed by atoms with Crippen molar-refractivity contribution in [3.8, 4) is 0 Å². The number of benzene rings is 2. The van der Waals surface area contributed by atoms with Crippen molar-refractivity contribution in [3.63, 3.8) is 0 Å². The Balaban J connectivity index is 1.61. The van der Waals surface area contributed by atoms with E-state index in [4.69, 9.17) is 10.7 Å². The van der Waals surface area contributed by atoms with Crippen LogP contribution in [0.4, 0.5) is 4.39 Å². The van der Waals surface area contributed by atoms with Gasteiger partial charge in [0.2, 0.25) is 11.8 Å². The van der Waals surface area contributed by atoms with Gasteiger partial charge in [0.25, 0.3) is 5.91 Å². The predicted molar refractivity (Wildman–Crippen MR) is 136 cm³/mol. The Labute approximate surface area is 211 Å². The molecule has 7 nitrogen and oxygen atoms in total. The molecular weight excluding hydrogens is 459 g/mol. The number of nitrogens with two attached hydrogens (primary N) is 1. The molecule has 190 valence electrons. The number of halogens is 1. The summed E-state index contributed by atoms with van der Waals surface area (Å²) < 4.78 is 13.4. The number of nitrogens with one attached hydrogen (secondary N) is 1. The topological polar surface area (TPSA) is 105 Å². The summed E-state index contributed by atoms with van der Waals surface area (Å²) in [6, 6.07) is 12.2. The van der Waals surface area contributed by atoms with Crippen molar-refractivity contribution in [2.24, 2.45) is 16.1 Å². The maximum absolute atomic E-state index is 13.6. The van der Waals surface area contributed by atoms with Crippen LogP contribution in [0.5, 0.6) is 0 Å². The van der Waals surface area contributed by atoms with Crippen LogP contribution in [0.2, 0.25) is 0 Å². The molecule has 3 atom stereocenters. The summed E-state index contributed by atoms with van der Waals surface area (Å²) in [5.74, 6) is -1.58. The third-order valence-electron chi connectivity index (χ3n) is 6.89. The first-order valence-electron chi connectivity index (χ1n) is 12.4. The average Bonchev–Trinajstić information content (AvgIpc) is 3.33. The van der Waals surface area contributed by atoms with Gasteiger partial charge in [0.1, 0.15) is 23.6 Å². The maximum Gasteiger partial charge on any atom is 0.270 e. The molecule has 1 saturated heterocycles. The molecular formula is C28H33FN4O3. The summed E-state index contributed by atoms with van der Waals surface area (Å²) in [7, 11) is 0. The van der Waals surface area contributed by atoms with Crippen LogP contribution < -0.4 is 11.1 Å². The number of hydrogen-bond donors (Lipinski definition) is 2. The molecule has 0 aliphatic carbocycles. The Morgan fingerprint density at radius 3 is 2.50 bits per heavy atom. The lowest BCUT2D eigenvalue weighted by Crippen LogP contribution is -2.58. The third-order valence-corrected chi connectivity index (χ3v) is 6.89. The monoisotopic (exact) mass is 492 g/mol. The third kappa shape index (κ3) is 5.48. The summed E-state index contributed by atoms with van der Waals surface area (Å²) in [5.41, 5.74) is 7.86. The number of rotatable bonds is 6. The van der Waals surface area contributed by atoms with Crippen molar-refractivity contribution in [2.45, 2.75) is 64.6 Å². The largest absolute Gasteiger partial charge is 0.368 e. The molecule has 2 aliphatic heterocycles. The zero-order valence-electron chi connectivity index (χ0n) is 21.0. The van der Waals surface area contributed by atoms with E-state index >= 15 is 0 Å². The van der Waals surface area contributed by atoms with Crippen LogP contribution in [0.1, 0.15) is 50.3 Å². The van der Waals surface area contributed by atoms with Crippen LogP contribution in [0.25, 0.3) is 0 Å². The van der Waals surface area contributed by atoms with Crippen LogP contribution in [0, 0.1) is 11.2 Å². The van der Waals surface area contributed by atoms with E-state index in [-0.39, 0.29) is 23.5 Å². The first-order valence-corrected chi connectivity index (χ1v) is 12.4. The SMILES string of the molecule is CC(C)(C)C(NC(=O)C1=NC(Cc2ccc(F)cc2)Cc2ccccc21)C(=O)N1CCC[C@H]1C(N)=O. The zero-order valence-corrected chi connectivity index (χ0v) is 21.0. The van der Waals surface area contributed by atoms with Gasteiger partial charge in [-0.3, -0.25) is 19.4 Å². The lowest BCUT2D eigenvalue weighted by molar-refractivity contribution is -0.142. The highest BCUT2D eigenvalue weighted by atomic mass is 19.1. The molecule has 36 heavy (non-hydrogen) atoms. The molecule has 2 aromatic carbocycles. The van der Waals surface area contributed by atoms with Crippen molar-refractivity contribution in [1.82, 2.24) is 10.2 Å². The minimum atomic E-state index is -0.864. The summed E-state index contributed by atoms with van der Waals surface area (Å²) in [4.78, 5) is 45.4. The number of primary amides is 1. The van der Waals surface area contributed by atoms with Gasteiger partial charge in [-0.05, 0) is 54.4 Å². The van der Waals surface area contributed by atoms with Gasteiger partial charge in [-0.25, -0.2) is 4.39 Å². The van der Waals surface area contributed by atoms with Crippen LogP contribution in [-0.2, 0) is 27.2 Å². The average molecular weight is 493 g/mol. The van der Waals surface area contributed by atoms with E-state index in [0.29, 0.717) is 32.2 Å². The van der Waals surface area contributed by atoms with E-state index in [1.807, 2.05) is 45.0 Å². The van der Waals surface area contributed by atoms with Crippen LogP contribution in [0.15, 0.2) is 53.5 Å². The normalized spacial score (nSPS) is 20.3. The second-order valence-corrected chi connectivity index (χ2v) is 10.7. The van der Waals surface area contributed by atoms with E-state index in [2.05, 4.69) is 5.32 Å². The van der Waals surface area contributed by atoms with Gasteiger partial charge in [-0.15, -0.1) is 0 Å². The fourth-order valence-corrected chi connectivity index (χ4v) is 5.01. The second-order valence-electron chi connectivity index (χ2n) is 10.7. The van der Waals surface area contributed by atoms with Crippen molar-refractivity contribution in [3.05, 3.63) is 71.0 Å². The van der Waals surface area contributed by atoms with Crippen molar-refractivity contribution in [1.29, 1.82) is 0 Å². The Kier molecular flexibility index (Phi) is 7.24. The first-order chi connectivity index (χ1) is 17.0. The number of carbonyl (C=O) groups excluding carboxylic acids is 3. The minimum Gasteiger partial charge on any atom is -0.368 e. The van der Waals surface area contributed by atoms with Crippen LogP contribution in [0.3, 0.4) is 0 Å². The second kappa shape index (κ2) is 10.2. The number of nitrogens with zero attached hydrogens (tertiary/aromatic N) is 2. The van der Waals surface area contributed by atoms with E-state index in [1.54, 1.807) is 12.1 Å². The lowest BCUT2D eigenvalue weighted by Gasteiger charge is -2.35. The first kappa shape index (κ1) is 25.5. The summed E-state index contributed by atoms with van der Waals surface area (Å²) >= 11 is 0. The van der Waals surface area contributed by atoms with Gasteiger partial charge in [-0.1, -0.05) is 57.2 Å². The lowest BCUT2D eigenvalue weighted by atomic mass is 9.85. The van der Waals surface area contributed by atoms with E-state index < -0.39 is 29.3 Å². The number of fused-ring (bicyclic) bond motifs is 1. The molecule has 2 aromatic rings. The van der Waals surface area contributed by atoms with E-state index in [1.165, 1.54) is 17.0 Å². The molecule has 2 unspecified atom stereocenters. The Morgan fingerprint density at radius 2 is 1.83 bits per heavy atom. The number of likely N-dealkylation sites (tertiary alicyclic amines) is 1. The summed E-state index contributed by atoms with van der Waals surface area (Å²) in [6.07, 6.45) is 2.42. The molecule has 2 heterocycles. The van der Waals surface area contributed by atoms with Gasteiger partial charge in [0.05, 0.1) is 6.04 Å². The fraction of sp³-hybridized carbons (Fsp3) is 0.429. The number of amides is 3. The minimum absolute atomic E-state index is 0.201. The van der Waals surface area contributed by atoms with Crippen molar-refractivity contribution < 1.29 is 18.8 Å². The summed E-state index contributed by atoms with van der Waals surface area (Å²) in [6.45, 7) is 6.05. The van der Waals surface area contributed by atoms with Gasteiger partial charge >= 0.3 is 0 Å². The van der Waals surface area contributed by atoms with E-state index in [0.717, 1.165) is 16.7 Å². The molecule has 0 bridgehead atoms. The molecule has 3 N–H and O–H groups in total. The van der Waals surface area contributed by atoms with Crippen LogP contribution >= 0.6 is 0 Å². The molecule has 0 saturated carbocycles. The van der Waals surface area contributed by atoms with Crippen molar-refractivity contribution >= 4 is 23.4 Å². The molecule has 3 amide bonds. The van der Waals surface area contributed by atoms with Gasteiger partial charge in [0, 0.05) is 12.1 Å². The van der Waals surface area contributed by atoms with Gasteiger partial charge in [-0.2, -0.15) is 0 Å². The Morgan fingerprint density at radius 1 is 1.14 bits per heavy atom. The van der Waals surface area contributed by atoms with Crippen LogP contribution in [-0.4, -0.2) is 53.0 Å². The molecule has 0 spiro atoms. The highest BCUT2D eigenvalue weighted by molar-refractivity contribution is 6.46. The number of hydrogen-bond acceptors (Lipinski definition) is 4. The molecule has 8 heteroatoms. The smallest absolute Gasteiger partial charge is 0.270 e. The Hall–Kier alpha value is -3.55. The van der Waals surface area contributed by atoms with Gasteiger partial charge in [0.15, 0.2) is 0 Å². The molecule has 4 rings (SSSR count). The highest BCUT2D eigenvalue weighted by Gasteiger charge is 2.42. The summed E-state index contributed by atoms with van der Waals surface area (Å²) in [5, 5.41) is 2.93. The Bertz CT molecular complexity index is 1190. The standard InChI is InChI=1S/C28H33FN4O3/c1-28(2,3)24(27(36)33-14-6-9-22(33)25(30)34)32-26(35)23-21-8-5-4-7-18(21)16-20(31-23)15-17-10-12-19(29)13-11-17/h4-5,7-8,10-13,20,22,24H,6,9,14-16H2,1-3H3,(H2,30,34)(H,32,35)/t20?,22-,24?/m0/s1. The maximum atomic E-state index is 13.6. The highest BCUT2D eigenvalue weighted by Crippen LogP contribution is 2.27. The quantitative estimate of drug-likeness (QED) is 0.648. The molecule has 1 fully saturated rings. The molecule has 2 aliphatic rings. The van der Waals surface area contributed by atoms with E-state index in [9.17, 15) is 18.8 Å². The fourth-order valence-electron chi connectivity index (χ4n) is 5.01. The van der Waals surface area contributed by atoms with Gasteiger partial charge < -0.3 is 16.0 Å². The number of carbonyl (C=O) groups is 3. The van der Waals surface area contributed by atoms with Crippen molar-refractivity contribution in [2.75, 3.05) is 6.54 Å². The zero-order chi connectivity index (χ0) is 26.0.